The van der Waals surface area contributed by atoms with Gasteiger partial charge in [0.15, 0.2) is 32.9 Å². The van der Waals surface area contributed by atoms with Crippen LogP contribution in [0.25, 0.3) is 0 Å². The van der Waals surface area contributed by atoms with Crippen molar-refractivity contribution in [3.63, 3.8) is 0 Å². The molecule has 2 atom stereocenters. The maximum absolute atomic E-state index is 7.28. The van der Waals surface area contributed by atoms with Gasteiger partial charge in [-0.15, -0.1) is 66.5 Å². The van der Waals surface area contributed by atoms with Crippen molar-refractivity contribution in [2.75, 3.05) is 26.3 Å². The topological polar surface area (TPSA) is 15.7 Å². The molecule has 0 aliphatic heterocycles. The van der Waals surface area contributed by atoms with E-state index in [9.17, 15) is 0 Å². The molecule has 8 aromatic rings. The molecule has 0 bridgehead atoms. The lowest BCUT2D eigenvalue weighted by atomic mass is 10.2. The van der Waals surface area contributed by atoms with Crippen LogP contribution in [0.4, 0.5) is 0 Å². The lowest BCUT2D eigenvalue weighted by molar-refractivity contribution is 0.125. The predicted molar refractivity (Wildman–Crippen MR) is 417 cm³/mol. The Balaban J connectivity index is 1.10. The fourth-order valence-corrected chi connectivity index (χ4v) is 54.5. The van der Waals surface area contributed by atoms with Crippen LogP contribution < -0.4 is 41.5 Å². The van der Waals surface area contributed by atoms with Gasteiger partial charge in [0.25, 0.3) is 0 Å². The highest BCUT2D eigenvalue weighted by molar-refractivity contribution is 7.65. The minimum absolute atomic E-state index is 0.148. The van der Waals surface area contributed by atoms with Crippen LogP contribution >= 0.6 is 66.5 Å². The van der Waals surface area contributed by atoms with Crippen LogP contribution in [-0.4, -0.2) is 79.7 Å². The van der Waals surface area contributed by atoms with Crippen molar-refractivity contribution >= 4 is 153 Å². The van der Waals surface area contributed by atoms with E-state index in [-0.39, 0.29) is 31.2 Å². The fraction of sp³-hybridized carbons (Fsp3) is 0.368. The third-order valence-corrected chi connectivity index (χ3v) is 54.3. The zero-order valence-corrected chi connectivity index (χ0v) is 66.4. The zero-order chi connectivity index (χ0) is 66.0. The summed E-state index contributed by atoms with van der Waals surface area (Å²) in [5, 5.41) is 10.5. The first-order chi connectivity index (χ1) is 43.0. The van der Waals surface area contributed by atoms with Gasteiger partial charge in [0, 0.05) is 13.2 Å². The van der Waals surface area contributed by atoms with E-state index in [1.807, 2.05) is 0 Å². The molecule has 0 N–H and O–H groups in total. The lowest BCUT2D eigenvalue weighted by Crippen LogP contribution is -2.88. The molecule has 0 aliphatic rings. The van der Waals surface area contributed by atoms with Crippen LogP contribution in [0, 0.1) is 0 Å². The number of hydrogen-bond acceptors (Lipinski definition) is 3. The van der Waals surface area contributed by atoms with E-state index in [1.54, 1.807) is 0 Å². The van der Waals surface area contributed by atoms with Crippen LogP contribution in [0.15, 0.2) is 243 Å². The SMILES string of the molecule is CC(C)(C)[Si](c1ccccc1)(c1ccccc1)N(CCCC(CCOCCC(CCCN([Si](c1ccccc1)(c1ccccc1)C(C)(C)C)[Si](c1ccccc1)(c1ccccc1)C(C)(C)C)[Si](Cl)(Cl)Cl)[Si](Cl)(Cl)Cl)[Si](c1ccccc1)(c1ccccc1)C(C)(C)C. The molecule has 0 saturated heterocycles. The second-order valence-electron chi connectivity index (χ2n) is 29.0. The maximum atomic E-state index is 7.28. The molecule has 0 saturated carbocycles. The molecule has 0 amide bonds. The summed E-state index contributed by atoms with van der Waals surface area (Å²) in [5.41, 5.74) is -0.296. The molecule has 8 aromatic carbocycles. The first-order valence-corrected chi connectivity index (χ1v) is 50.7. The molecule has 0 heterocycles. The Morgan fingerprint density at radius 3 is 0.582 bits per heavy atom. The Bertz CT molecular complexity index is 2860. The molecule has 2 unspecified atom stereocenters. The Labute approximate surface area is 582 Å². The summed E-state index contributed by atoms with van der Waals surface area (Å²) in [6, 6.07) is 84.9. The summed E-state index contributed by atoms with van der Waals surface area (Å²) in [4.78, 5) is 0. The van der Waals surface area contributed by atoms with E-state index < -0.39 is 44.9 Å². The highest BCUT2D eigenvalue weighted by Gasteiger charge is 2.65. The number of benzene rings is 8. The Morgan fingerprint density at radius 1 is 0.275 bits per heavy atom. The van der Waals surface area contributed by atoms with Crippen molar-refractivity contribution in [1.82, 2.24) is 8.46 Å². The molecule has 91 heavy (non-hydrogen) atoms. The molecule has 8 rings (SSSR count). The van der Waals surface area contributed by atoms with Gasteiger partial charge in [0.05, 0.1) is 0 Å². The monoisotopic (exact) mass is 1430 g/mol. The van der Waals surface area contributed by atoms with Crippen LogP contribution in [0.5, 0.6) is 0 Å². The second kappa shape index (κ2) is 30.8. The highest BCUT2D eigenvalue weighted by Crippen LogP contribution is 2.50. The first-order valence-electron chi connectivity index (χ1n) is 32.7. The molecular weight excluding hydrogens is 1340 g/mol. The van der Waals surface area contributed by atoms with Crippen molar-refractivity contribution in [3.8, 4) is 0 Å². The number of ether oxygens (including phenoxy) is 1. The van der Waals surface area contributed by atoms with E-state index in [0.29, 0.717) is 26.1 Å². The molecule has 0 aliphatic carbocycles. The number of nitrogens with zero attached hydrogens (tertiary/aromatic N) is 2. The van der Waals surface area contributed by atoms with Gasteiger partial charge in [-0.2, -0.15) is 0 Å². The predicted octanol–water partition coefficient (Wildman–Crippen LogP) is 18.2. The largest absolute Gasteiger partial charge is 0.381 e. The van der Waals surface area contributed by atoms with Gasteiger partial charge >= 0.3 is 12.0 Å². The van der Waals surface area contributed by atoms with Crippen molar-refractivity contribution < 1.29 is 4.74 Å². The Morgan fingerprint density at radius 2 is 0.440 bits per heavy atom. The number of rotatable bonds is 28. The van der Waals surface area contributed by atoms with Crippen molar-refractivity contribution in [3.05, 3.63) is 243 Å². The molecule has 0 radical (unpaired) electrons. The van der Waals surface area contributed by atoms with Crippen molar-refractivity contribution in [1.29, 1.82) is 0 Å². The third kappa shape index (κ3) is 15.4. The van der Waals surface area contributed by atoms with Gasteiger partial charge in [-0.1, -0.05) is 326 Å². The molecule has 15 heteroatoms. The smallest absolute Gasteiger partial charge is 0.344 e. The Kier molecular flexibility index (Phi) is 24.9. The summed E-state index contributed by atoms with van der Waals surface area (Å²) >= 11 is 43.7. The molecule has 0 spiro atoms. The van der Waals surface area contributed by atoms with E-state index in [1.165, 1.54) is 41.5 Å². The van der Waals surface area contributed by atoms with Gasteiger partial charge in [-0.05, 0) is 124 Å². The summed E-state index contributed by atoms with van der Waals surface area (Å²) in [5.74, 6) is 0. The van der Waals surface area contributed by atoms with Crippen molar-refractivity contribution in [2.45, 2.75) is 153 Å². The van der Waals surface area contributed by atoms with E-state index in [2.05, 4.69) is 334 Å². The average Bonchev–Trinajstić information content (AvgIpc) is 0.698. The van der Waals surface area contributed by atoms with E-state index in [0.717, 1.165) is 38.8 Å². The first kappa shape index (κ1) is 73.5. The summed E-state index contributed by atoms with van der Waals surface area (Å²) in [6.07, 6.45) is 4.41. The molecule has 0 fully saturated rings. The van der Waals surface area contributed by atoms with Gasteiger partial charge in [-0.3, -0.25) is 0 Å². The second-order valence-corrected chi connectivity index (χ2v) is 66.4. The van der Waals surface area contributed by atoms with Crippen LogP contribution in [0.3, 0.4) is 0 Å². The average molecular weight is 1440 g/mol. The Hall–Kier alpha value is -3.32. The molecule has 3 nitrogen and oxygen atoms in total. The lowest BCUT2D eigenvalue weighted by Gasteiger charge is -2.62. The minimum Gasteiger partial charge on any atom is -0.381 e. The fourth-order valence-electron chi connectivity index (χ4n) is 16.1. The number of halogens is 6. The van der Waals surface area contributed by atoms with E-state index in [4.69, 9.17) is 71.2 Å². The third-order valence-electron chi connectivity index (χ3n) is 19.5. The number of hydrogen-bond donors (Lipinski definition) is 0. The summed E-state index contributed by atoms with van der Waals surface area (Å²) in [6.45, 7) is 32.3. The van der Waals surface area contributed by atoms with Crippen LogP contribution in [0.2, 0.25) is 31.2 Å². The van der Waals surface area contributed by atoms with Gasteiger partial charge in [-0.25, -0.2) is 0 Å². The summed E-state index contributed by atoms with van der Waals surface area (Å²) in [7, 11) is -12.1. The molecule has 484 valence electrons. The highest BCUT2D eigenvalue weighted by atomic mass is 35.8. The van der Waals surface area contributed by atoms with Gasteiger partial charge in [0.1, 0.15) is 0 Å². The normalized spacial score (nSPS) is 14.2. The van der Waals surface area contributed by atoms with Crippen LogP contribution in [0.1, 0.15) is 122 Å². The standard InChI is InChI=1S/C76H98Cl6N2OSi6/c1-73(2,3)86(63-39-21-13-22-40-63,64-41-23-14-24-42-64)83(87(74(4,5)6,65-43-25-15-26-44-65)66-45-27-16-28-46-66)59-37-55-71(90(77,78)79)57-61-85-62-58-72(91(80,81)82)56-38-60-84(88(75(7,8)9,67-47-29-17-30-48-67)68-49-31-18-32-50-68)89(76(10,11)12,69-51-33-19-34-52-69)70-53-35-20-36-54-70/h13-36,39-54,71-72H,37-38,55-62H2,1-12H3. The van der Waals surface area contributed by atoms with Crippen molar-refractivity contribution in [2.24, 2.45) is 0 Å². The maximum Gasteiger partial charge on any atom is 0.344 e. The quantitative estimate of drug-likeness (QED) is 0.0276. The van der Waals surface area contributed by atoms with Gasteiger partial charge in [0.2, 0.25) is 0 Å². The van der Waals surface area contributed by atoms with E-state index >= 15 is 0 Å². The zero-order valence-electron chi connectivity index (χ0n) is 55.9. The molecule has 0 aromatic heterocycles. The minimum atomic E-state index is -3.29. The molecular formula is C76H98Cl6N2OSi6. The van der Waals surface area contributed by atoms with Gasteiger partial charge < -0.3 is 13.2 Å². The summed E-state index contributed by atoms with van der Waals surface area (Å²) < 4.78 is 13.0. The van der Waals surface area contributed by atoms with Crippen LogP contribution in [-0.2, 0) is 4.74 Å².